The Morgan fingerprint density at radius 1 is 1.09 bits per heavy atom. The molecule has 0 N–H and O–H groups in total. The lowest BCUT2D eigenvalue weighted by atomic mass is 10.2. The molecule has 0 aliphatic carbocycles. The molecule has 1 aromatic carbocycles. The summed E-state index contributed by atoms with van der Waals surface area (Å²) >= 11 is 0. The second-order valence-electron chi connectivity index (χ2n) is 4.91. The van der Waals surface area contributed by atoms with Crippen molar-refractivity contribution in [2.75, 3.05) is 19.0 Å². The smallest absolute Gasteiger partial charge is 0.129 e. The summed E-state index contributed by atoms with van der Waals surface area (Å²) in [4.78, 5) is 11.0. The third-order valence-corrected chi connectivity index (χ3v) is 3.05. The predicted molar refractivity (Wildman–Crippen MR) is 91.3 cm³/mol. The third kappa shape index (κ3) is 4.26. The van der Waals surface area contributed by atoms with Crippen LogP contribution in [0.4, 0.5) is 5.69 Å². The molecule has 23 heavy (non-hydrogen) atoms. The van der Waals surface area contributed by atoms with Crippen molar-refractivity contribution in [1.82, 2.24) is 9.97 Å². The molecular weight excluding hydrogens is 286 g/mol. The van der Waals surface area contributed by atoms with Gasteiger partial charge in [-0.05, 0) is 30.4 Å². The molecule has 0 bridgehead atoms. The molecule has 5 heteroatoms. The van der Waals surface area contributed by atoms with Crippen molar-refractivity contribution in [3.63, 3.8) is 0 Å². The zero-order valence-corrected chi connectivity index (χ0v) is 12.9. The Labute approximate surface area is 135 Å². The van der Waals surface area contributed by atoms with Gasteiger partial charge < -0.3 is 4.90 Å². The van der Waals surface area contributed by atoms with Gasteiger partial charge in [0.1, 0.15) is 17.7 Å². The van der Waals surface area contributed by atoms with Crippen LogP contribution in [0.3, 0.4) is 0 Å². The van der Waals surface area contributed by atoms with Crippen LogP contribution in [0.1, 0.15) is 5.69 Å². The predicted octanol–water partition coefficient (Wildman–Crippen LogP) is 3.24. The summed E-state index contributed by atoms with van der Waals surface area (Å²) in [7, 11) is 3.97. The van der Waals surface area contributed by atoms with E-state index in [1.807, 2.05) is 43.3 Å². The fraction of sp³-hybridized carbons (Fsp3) is 0.111. The number of fused-ring (bicyclic) bond motifs is 1. The monoisotopic (exact) mass is 301 g/mol. The Kier molecular flexibility index (Phi) is 5.22. The highest BCUT2D eigenvalue weighted by Crippen LogP contribution is 2.18. The molecule has 0 fully saturated rings. The number of rotatable bonds is 4. The summed E-state index contributed by atoms with van der Waals surface area (Å²) in [6.07, 6.45) is 10.1. The molecule has 0 spiro atoms. The lowest BCUT2D eigenvalue weighted by Crippen LogP contribution is -2.08. The largest absolute Gasteiger partial charge is 0.378 e. The fourth-order valence-electron chi connectivity index (χ4n) is 1.84. The first-order valence-electron chi connectivity index (χ1n) is 6.93. The molecule has 0 saturated carbocycles. The Hall–Kier alpha value is -3.44. The van der Waals surface area contributed by atoms with Gasteiger partial charge in [0.25, 0.3) is 0 Å². The minimum Gasteiger partial charge on any atom is -0.378 e. The van der Waals surface area contributed by atoms with Gasteiger partial charge in [0, 0.05) is 19.8 Å². The molecule has 1 aromatic heterocycles. The van der Waals surface area contributed by atoms with E-state index in [4.69, 9.17) is 10.5 Å². The average Bonchev–Trinajstić information content (AvgIpc) is 2.57. The number of anilines is 1. The molecule has 5 nitrogen and oxygen atoms in total. The zero-order chi connectivity index (χ0) is 16.7. The van der Waals surface area contributed by atoms with Crippen molar-refractivity contribution in [3.8, 4) is 12.1 Å². The van der Waals surface area contributed by atoms with Gasteiger partial charge in [0.2, 0.25) is 0 Å². The minimum absolute atomic E-state index is 0.0665. The van der Waals surface area contributed by atoms with Crippen LogP contribution in [0.15, 0.2) is 54.3 Å². The second-order valence-corrected chi connectivity index (χ2v) is 4.91. The van der Waals surface area contributed by atoms with Crippen LogP contribution in [0.25, 0.3) is 17.1 Å². The summed E-state index contributed by atoms with van der Waals surface area (Å²) in [5, 5.41) is 17.2. The quantitative estimate of drug-likeness (QED) is 0.640. The summed E-state index contributed by atoms with van der Waals surface area (Å²) in [6, 6.07) is 9.52. The van der Waals surface area contributed by atoms with E-state index in [1.54, 1.807) is 36.6 Å². The van der Waals surface area contributed by atoms with Gasteiger partial charge in [-0.2, -0.15) is 10.5 Å². The first kappa shape index (κ1) is 15.9. The van der Waals surface area contributed by atoms with Gasteiger partial charge in [-0.25, -0.2) is 4.98 Å². The van der Waals surface area contributed by atoms with Crippen LogP contribution in [-0.4, -0.2) is 24.1 Å². The Morgan fingerprint density at radius 3 is 2.57 bits per heavy atom. The lowest BCUT2D eigenvalue weighted by molar-refractivity contribution is 1.13. The van der Waals surface area contributed by atoms with E-state index < -0.39 is 0 Å². The summed E-state index contributed by atoms with van der Waals surface area (Å²) < 4.78 is 0. The zero-order valence-electron chi connectivity index (χ0n) is 12.9. The maximum absolute atomic E-state index is 8.60. The molecule has 0 saturated heterocycles. The van der Waals surface area contributed by atoms with Gasteiger partial charge in [-0.1, -0.05) is 18.2 Å². The van der Waals surface area contributed by atoms with E-state index in [9.17, 15) is 0 Å². The molecule has 2 rings (SSSR count). The average molecular weight is 301 g/mol. The highest BCUT2D eigenvalue weighted by Gasteiger charge is 2.01. The molecule has 0 aliphatic heterocycles. The number of hydrogen-bond donors (Lipinski definition) is 0. The van der Waals surface area contributed by atoms with Crippen molar-refractivity contribution in [2.24, 2.45) is 0 Å². The molecular formula is C18H15N5. The van der Waals surface area contributed by atoms with Crippen LogP contribution in [-0.2, 0) is 0 Å². The maximum Gasteiger partial charge on any atom is 0.129 e. The molecule has 2 aromatic rings. The summed E-state index contributed by atoms with van der Waals surface area (Å²) in [5.74, 6) is 0. The number of nitrogens with zero attached hydrogens (tertiary/aromatic N) is 5. The fourth-order valence-corrected chi connectivity index (χ4v) is 1.84. The number of benzene rings is 1. The number of nitriles is 2. The van der Waals surface area contributed by atoms with Gasteiger partial charge in [0.15, 0.2) is 0 Å². The van der Waals surface area contributed by atoms with Crippen LogP contribution in [0.2, 0.25) is 0 Å². The van der Waals surface area contributed by atoms with Gasteiger partial charge in [-0.15, -0.1) is 0 Å². The van der Waals surface area contributed by atoms with E-state index in [-0.39, 0.29) is 5.57 Å². The van der Waals surface area contributed by atoms with Gasteiger partial charge in [-0.3, -0.25) is 4.98 Å². The van der Waals surface area contributed by atoms with Crippen LogP contribution < -0.4 is 4.90 Å². The van der Waals surface area contributed by atoms with E-state index in [0.717, 1.165) is 22.4 Å². The Bertz CT molecular complexity index is 860. The van der Waals surface area contributed by atoms with Crippen molar-refractivity contribution >= 4 is 22.8 Å². The number of hydrogen-bond acceptors (Lipinski definition) is 5. The van der Waals surface area contributed by atoms with Gasteiger partial charge >= 0.3 is 0 Å². The molecule has 0 amide bonds. The first-order valence-corrected chi connectivity index (χ1v) is 6.93. The third-order valence-electron chi connectivity index (χ3n) is 3.05. The lowest BCUT2D eigenvalue weighted by Gasteiger charge is -2.12. The van der Waals surface area contributed by atoms with Crippen molar-refractivity contribution in [1.29, 1.82) is 10.5 Å². The van der Waals surface area contributed by atoms with Crippen molar-refractivity contribution in [2.45, 2.75) is 0 Å². The molecule has 112 valence electrons. The standard InChI is InChI=1S/C18H15N5/c1-23(2)16-8-9-17-18(10-16)21-13-15(22-17)7-5-3-4-6-14(11-19)12-20/h3-10,13H,1-2H3/b4-3+,7-5+. The maximum atomic E-state index is 8.60. The van der Waals surface area contributed by atoms with E-state index in [0.29, 0.717) is 0 Å². The molecule has 1 heterocycles. The highest BCUT2D eigenvalue weighted by molar-refractivity contribution is 5.79. The molecule has 0 radical (unpaired) electrons. The van der Waals surface area contributed by atoms with Crippen LogP contribution in [0, 0.1) is 22.7 Å². The Morgan fingerprint density at radius 2 is 1.87 bits per heavy atom. The van der Waals surface area contributed by atoms with Crippen LogP contribution in [0.5, 0.6) is 0 Å². The SMILES string of the molecule is CN(C)c1ccc2nc(/C=C/C=C/C=C(C#N)C#N)cnc2c1. The summed E-state index contributed by atoms with van der Waals surface area (Å²) in [6.45, 7) is 0. The number of aromatic nitrogens is 2. The topological polar surface area (TPSA) is 76.6 Å². The normalized spacial score (nSPS) is 10.6. The van der Waals surface area contributed by atoms with Gasteiger partial charge in [0.05, 0.1) is 22.9 Å². The van der Waals surface area contributed by atoms with Crippen molar-refractivity contribution in [3.05, 3.63) is 60.0 Å². The minimum atomic E-state index is 0.0665. The van der Waals surface area contributed by atoms with Crippen molar-refractivity contribution < 1.29 is 0 Å². The van der Waals surface area contributed by atoms with E-state index in [2.05, 4.69) is 9.97 Å². The van der Waals surface area contributed by atoms with E-state index in [1.165, 1.54) is 6.08 Å². The first-order chi connectivity index (χ1) is 11.1. The highest BCUT2D eigenvalue weighted by atomic mass is 15.1. The number of allylic oxidation sites excluding steroid dienone is 5. The molecule has 0 aliphatic rings. The Balaban J connectivity index is 2.16. The van der Waals surface area contributed by atoms with E-state index >= 15 is 0 Å². The molecule has 0 atom stereocenters. The molecule has 0 unspecified atom stereocenters. The summed E-state index contributed by atoms with van der Waals surface area (Å²) in [5.41, 5.74) is 3.56. The second kappa shape index (κ2) is 7.53. The van der Waals surface area contributed by atoms with Crippen LogP contribution >= 0.6 is 0 Å².